The van der Waals surface area contributed by atoms with Gasteiger partial charge in [-0.15, -0.1) is 0 Å². The SMILES string of the molecule is Cc1cc(C(C)C)cc2c1OCOC2. The van der Waals surface area contributed by atoms with E-state index in [0.29, 0.717) is 19.3 Å². The molecule has 0 unspecified atom stereocenters. The van der Waals surface area contributed by atoms with E-state index in [2.05, 4.69) is 32.9 Å². The maximum Gasteiger partial charge on any atom is 0.189 e. The summed E-state index contributed by atoms with van der Waals surface area (Å²) >= 11 is 0. The molecule has 0 aromatic heterocycles. The molecule has 1 aromatic rings. The minimum Gasteiger partial charge on any atom is -0.467 e. The largest absolute Gasteiger partial charge is 0.467 e. The van der Waals surface area contributed by atoms with E-state index >= 15 is 0 Å². The Morgan fingerprint density at radius 2 is 2.07 bits per heavy atom. The van der Waals surface area contributed by atoms with Crippen LogP contribution in [-0.2, 0) is 11.3 Å². The lowest BCUT2D eigenvalue weighted by atomic mass is 9.97. The van der Waals surface area contributed by atoms with E-state index in [1.165, 1.54) is 16.7 Å². The van der Waals surface area contributed by atoms with E-state index in [0.717, 1.165) is 5.75 Å². The van der Waals surface area contributed by atoms with Crippen LogP contribution in [0.5, 0.6) is 5.75 Å². The second-order valence-electron chi connectivity index (χ2n) is 4.09. The van der Waals surface area contributed by atoms with Crippen molar-refractivity contribution < 1.29 is 9.47 Å². The van der Waals surface area contributed by atoms with Crippen LogP contribution in [-0.4, -0.2) is 6.79 Å². The quantitative estimate of drug-likeness (QED) is 0.681. The van der Waals surface area contributed by atoms with Crippen LogP contribution in [0.15, 0.2) is 12.1 Å². The zero-order valence-electron chi connectivity index (χ0n) is 8.96. The Balaban J connectivity index is 2.46. The third kappa shape index (κ3) is 1.62. The molecule has 2 nitrogen and oxygen atoms in total. The first-order valence-electron chi connectivity index (χ1n) is 5.02. The molecule has 0 saturated heterocycles. The maximum absolute atomic E-state index is 5.47. The van der Waals surface area contributed by atoms with Gasteiger partial charge < -0.3 is 9.47 Å². The Labute approximate surface area is 84.8 Å². The molecule has 0 aliphatic carbocycles. The van der Waals surface area contributed by atoms with Crippen molar-refractivity contribution in [1.82, 2.24) is 0 Å². The van der Waals surface area contributed by atoms with Crippen molar-refractivity contribution in [2.24, 2.45) is 0 Å². The molecule has 0 amide bonds. The molecular weight excluding hydrogens is 176 g/mol. The zero-order valence-corrected chi connectivity index (χ0v) is 8.96. The highest BCUT2D eigenvalue weighted by Gasteiger charge is 2.14. The highest BCUT2D eigenvalue weighted by molar-refractivity contribution is 5.45. The predicted molar refractivity (Wildman–Crippen MR) is 55.6 cm³/mol. The molecule has 1 aliphatic rings. The van der Waals surface area contributed by atoms with Crippen molar-refractivity contribution in [3.8, 4) is 5.75 Å². The average Bonchev–Trinajstić information content (AvgIpc) is 2.17. The van der Waals surface area contributed by atoms with Crippen molar-refractivity contribution in [1.29, 1.82) is 0 Å². The van der Waals surface area contributed by atoms with Crippen LogP contribution in [0.25, 0.3) is 0 Å². The summed E-state index contributed by atoms with van der Waals surface area (Å²) in [5, 5.41) is 0. The first-order chi connectivity index (χ1) is 6.68. The molecule has 76 valence electrons. The second-order valence-corrected chi connectivity index (χ2v) is 4.09. The highest BCUT2D eigenvalue weighted by atomic mass is 16.7. The molecule has 0 radical (unpaired) electrons. The molecule has 0 spiro atoms. The van der Waals surface area contributed by atoms with Gasteiger partial charge in [0.15, 0.2) is 6.79 Å². The van der Waals surface area contributed by atoms with Crippen molar-refractivity contribution in [3.63, 3.8) is 0 Å². The summed E-state index contributed by atoms with van der Waals surface area (Å²) in [5.74, 6) is 1.57. The molecular formula is C12H16O2. The Bertz CT molecular complexity index is 342. The van der Waals surface area contributed by atoms with Gasteiger partial charge in [0.25, 0.3) is 0 Å². The van der Waals surface area contributed by atoms with Crippen molar-refractivity contribution in [2.75, 3.05) is 6.79 Å². The van der Waals surface area contributed by atoms with Crippen molar-refractivity contribution >= 4 is 0 Å². The molecule has 1 aliphatic heterocycles. The first-order valence-corrected chi connectivity index (χ1v) is 5.02. The normalized spacial score (nSPS) is 15.1. The Morgan fingerprint density at radius 1 is 1.29 bits per heavy atom. The zero-order chi connectivity index (χ0) is 10.1. The summed E-state index contributed by atoms with van der Waals surface area (Å²) in [6.07, 6.45) is 0. The number of ether oxygens (including phenoxy) is 2. The summed E-state index contributed by atoms with van der Waals surface area (Å²) < 4.78 is 10.7. The molecule has 1 aromatic carbocycles. The van der Waals surface area contributed by atoms with Gasteiger partial charge in [-0.25, -0.2) is 0 Å². The number of hydrogen-bond acceptors (Lipinski definition) is 2. The number of benzene rings is 1. The van der Waals surface area contributed by atoms with Gasteiger partial charge in [0, 0.05) is 5.56 Å². The molecule has 0 fully saturated rings. The third-order valence-electron chi connectivity index (χ3n) is 2.58. The van der Waals surface area contributed by atoms with Gasteiger partial charge in [0.2, 0.25) is 0 Å². The van der Waals surface area contributed by atoms with Crippen LogP contribution < -0.4 is 4.74 Å². The van der Waals surface area contributed by atoms with E-state index in [9.17, 15) is 0 Å². The second kappa shape index (κ2) is 3.62. The van der Waals surface area contributed by atoms with E-state index in [4.69, 9.17) is 9.47 Å². The fraction of sp³-hybridized carbons (Fsp3) is 0.500. The molecule has 2 heteroatoms. The molecule has 0 N–H and O–H groups in total. The number of aryl methyl sites for hydroxylation is 1. The van der Waals surface area contributed by atoms with Gasteiger partial charge >= 0.3 is 0 Å². The van der Waals surface area contributed by atoms with Crippen LogP contribution in [0.1, 0.15) is 36.5 Å². The monoisotopic (exact) mass is 192 g/mol. The van der Waals surface area contributed by atoms with Crippen LogP contribution >= 0.6 is 0 Å². The van der Waals surface area contributed by atoms with E-state index in [-0.39, 0.29) is 0 Å². The summed E-state index contributed by atoms with van der Waals surface area (Å²) in [4.78, 5) is 0. The summed E-state index contributed by atoms with van der Waals surface area (Å²) in [5.41, 5.74) is 3.75. The fourth-order valence-electron chi connectivity index (χ4n) is 1.78. The van der Waals surface area contributed by atoms with Crippen molar-refractivity contribution in [2.45, 2.75) is 33.3 Å². The summed E-state index contributed by atoms with van der Waals surface area (Å²) in [6, 6.07) is 4.39. The Kier molecular flexibility index (Phi) is 2.46. The highest BCUT2D eigenvalue weighted by Crippen LogP contribution is 2.31. The molecule has 0 saturated carbocycles. The maximum atomic E-state index is 5.47. The first kappa shape index (κ1) is 9.53. The number of rotatable bonds is 1. The Morgan fingerprint density at radius 3 is 2.79 bits per heavy atom. The van der Waals surface area contributed by atoms with Gasteiger partial charge in [-0.2, -0.15) is 0 Å². The van der Waals surface area contributed by atoms with Crippen LogP contribution in [0.2, 0.25) is 0 Å². The van der Waals surface area contributed by atoms with Gasteiger partial charge in [-0.3, -0.25) is 0 Å². The standard InChI is InChI=1S/C12H16O2/c1-8(2)10-4-9(3)12-11(5-10)6-13-7-14-12/h4-5,8H,6-7H2,1-3H3. The van der Waals surface area contributed by atoms with E-state index in [1.807, 2.05) is 0 Å². The molecule has 0 atom stereocenters. The van der Waals surface area contributed by atoms with Crippen LogP contribution in [0, 0.1) is 6.92 Å². The predicted octanol–water partition coefficient (Wildman–Crippen LogP) is 2.98. The lowest BCUT2D eigenvalue weighted by molar-refractivity contribution is -0.0169. The Hall–Kier alpha value is -1.02. The van der Waals surface area contributed by atoms with Crippen LogP contribution in [0.3, 0.4) is 0 Å². The van der Waals surface area contributed by atoms with Gasteiger partial charge in [0.05, 0.1) is 6.61 Å². The lowest BCUT2D eigenvalue weighted by Gasteiger charge is -2.21. The molecule has 0 bridgehead atoms. The average molecular weight is 192 g/mol. The summed E-state index contributed by atoms with van der Waals surface area (Å²) in [6.45, 7) is 7.55. The number of fused-ring (bicyclic) bond motifs is 1. The topological polar surface area (TPSA) is 18.5 Å². The number of hydrogen-bond donors (Lipinski definition) is 0. The third-order valence-corrected chi connectivity index (χ3v) is 2.58. The molecule has 14 heavy (non-hydrogen) atoms. The fourth-order valence-corrected chi connectivity index (χ4v) is 1.78. The van der Waals surface area contributed by atoms with Crippen LogP contribution in [0.4, 0.5) is 0 Å². The lowest BCUT2D eigenvalue weighted by Crippen LogP contribution is -2.13. The van der Waals surface area contributed by atoms with Gasteiger partial charge in [-0.05, 0) is 30.0 Å². The summed E-state index contributed by atoms with van der Waals surface area (Å²) in [7, 11) is 0. The minimum atomic E-state index is 0.384. The van der Waals surface area contributed by atoms with E-state index < -0.39 is 0 Å². The van der Waals surface area contributed by atoms with Crippen molar-refractivity contribution in [3.05, 3.63) is 28.8 Å². The van der Waals surface area contributed by atoms with Gasteiger partial charge in [0.1, 0.15) is 5.75 Å². The smallest absolute Gasteiger partial charge is 0.189 e. The molecule has 2 rings (SSSR count). The van der Waals surface area contributed by atoms with E-state index in [1.54, 1.807) is 0 Å². The minimum absolute atomic E-state index is 0.384. The van der Waals surface area contributed by atoms with Gasteiger partial charge in [-0.1, -0.05) is 19.9 Å². The molecule has 1 heterocycles.